The van der Waals surface area contributed by atoms with Crippen LogP contribution in [0.1, 0.15) is 13.8 Å². The first-order chi connectivity index (χ1) is 3.48. The fourth-order valence-corrected chi connectivity index (χ4v) is 1.16. The molecule has 0 aromatic carbocycles. The quantitative estimate of drug-likeness (QED) is 0.480. The van der Waals surface area contributed by atoms with Gasteiger partial charge in [0.05, 0.1) is 25.3 Å². The second kappa shape index (κ2) is 2.64. The summed E-state index contributed by atoms with van der Waals surface area (Å²) in [4.78, 5) is 0. The maximum atomic E-state index is 2.34. The molecule has 0 N–H and O–H groups in total. The molecule has 0 aliphatic heterocycles. The summed E-state index contributed by atoms with van der Waals surface area (Å²) in [5, 5.41) is 1.57. The summed E-state index contributed by atoms with van der Waals surface area (Å²) < 4.78 is 0. The van der Waals surface area contributed by atoms with Gasteiger partial charge in [-0.15, -0.1) is 0 Å². The van der Waals surface area contributed by atoms with Gasteiger partial charge in [0.15, 0.2) is 0 Å². The van der Waals surface area contributed by atoms with Gasteiger partial charge in [-0.05, 0) is 19.9 Å². The van der Waals surface area contributed by atoms with Crippen LogP contribution in [-0.4, -0.2) is 20.0 Å². The van der Waals surface area contributed by atoms with E-state index in [-0.39, 0.29) is 0 Å². The zero-order chi connectivity index (χ0) is 6.78. The largest absolute Gasteiger partial charge is 0.0633 e. The highest BCUT2D eigenvalue weighted by atomic mass is 31.2. The van der Waals surface area contributed by atoms with Gasteiger partial charge in [-0.1, -0.05) is 0 Å². The van der Waals surface area contributed by atoms with Gasteiger partial charge in [0.2, 0.25) is 0 Å². The van der Waals surface area contributed by atoms with Crippen molar-refractivity contribution in [2.75, 3.05) is 20.0 Å². The molecule has 0 radical (unpaired) electrons. The smallest absolute Gasteiger partial charge is 0.0499 e. The highest BCUT2D eigenvalue weighted by molar-refractivity contribution is 7.77. The van der Waals surface area contributed by atoms with Crippen LogP contribution in [0.4, 0.5) is 0 Å². The molecule has 0 spiro atoms. The van der Waals surface area contributed by atoms with Crippen LogP contribution >= 0.6 is 7.26 Å². The van der Waals surface area contributed by atoms with Crippen molar-refractivity contribution in [2.24, 2.45) is 0 Å². The van der Waals surface area contributed by atoms with Crippen LogP contribution in [0.2, 0.25) is 0 Å². The van der Waals surface area contributed by atoms with Gasteiger partial charge in [0.25, 0.3) is 0 Å². The Morgan fingerprint density at radius 3 is 1.62 bits per heavy atom. The second-order valence-electron chi connectivity index (χ2n) is 2.94. The Hall–Kier alpha value is 0.170. The molecule has 1 heteroatoms. The molecule has 0 aliphatic rings. The van der Waals surface area contributed by atoms with Gasteiger partial charge in [0, 0.05) is 7.26 Å². The minimum absolute atomic E-state index is 0.646. The summed E-state index contributed by atoms with van der Waals surface area (Å²) in [6.45, 7) is 11.3. The average molecular weight is 131 g/mol. The molecule has 0 bridgehead atoms. The van der Waals surface area contributed by atoms with Crippen molar-refractivity contribution in [1.82, 2.24) is 0 Å². The Bertz CT molecular complexity index is 95.4. The summed E-state index contributed by atoms with van der Waals surface area (Å²) in [5.74, 6) is 0. The zero-order valence-electron chi connectivity index (χ0n) is 6.52. The van der Waals surface area contributed by atoms with Crippen molar-refractivity contribution in [3.63, 3.8) is 0 Å². The van der Waals surface area contributed by atoms with Crippen molar-refractivity contribution in [1.29, 1.82) is 0 Å². The van der Waals surface area contributed by atoms with E-state index < -0.39 is 7.26 Å². The van der Waals surface area contributed by atoms with Gasteiger partial charge in [-0.3, -0.25) is 0 Å². The molecule has 0 nitrogen and oxygen atoms in total. The van der Waals surface area contributed by atoms with E-state index in [1.807, 2.05) is 0 Å². The maximum Gasteiger partial charge on any atom is 0.0633 e. The lowest BCUT2D eigenvalue weighted by Gasteiger charge is -2.10. The molecule has 0 atom stereocenters. The first-order valence-electron chi connectivity index (χ1n) is 2.93. The molecule has 0 saturated carbocycles. The Balaban J connectivity index is 4.03. The molecule has 0 fully saturated rings. The van der Waals surface area contributed by atoms with Crippen molar-refractivity contribution >= 4 is 7.26 Å². The summed E-state index contributed by atoms with van der Waals surface area (Å²) >= 11 is 0. The van der Waals surface area contributed by atoms with E-state index in [4.69, 9.17) is 0 Å². The Labute approximate surface area is 53.3 Å². The Morgan fingerprint density at radius 1 is 1.25 bits per heavy atom. The number of allylic oxidation sites excluding steroid dienone is 2. The Kier molecular flexibility index (Phi) is 2.70. The highest BCUT2D eigenvalue weighted by Crippen LogP contribution is 2.54. The van der Waals surface area contributed by atoms with E-state index in [0.29, 0.717) is 0 Å². The van der Waals surface area contributed by atoms with Crippen LogP contribution in [0.25, 0.3) is 0 Å². The third kappa shape index (κ3) is 2.47. The molecule has 0 aromatic heterocycles. The van der Waals surface area contributed by atoms with Crippen LogP contribution < -0.4 is 0 Å². The molecular formula is C7H16P+. The van der Waals surface area contributed by atoms with Crippen LogP contribution in [0.15, 0.2) is 11.4 Å². The van der Waals surface area contributed by atoms with Gasteiger partial charge in [-0.2, -0.15) is 0 Å². The molecule has 0 aromatic rings. The van der Waals surface area contributed by atoms with Crippen LogP contribution in [0.3, 0.4) is 0 Å². The molecule has 0 unspecified atom stereocenters. The molecule has 0 aliphatic carbocycles. The van der Waals surface area contributed by atoms with Gasteiger partial charge in [-0.25, -0.2) is 0 Å². The van der Waals surface area contributed by atoms with Crippen LogP contribution in [0.5, 0.6) is 0 Å². The number of hydrogen-bond acceptors (Lipinski definition) is 0. The first kappa shape index (κ1) is 8.17. The standard InChI is InChI=1S/C7H16P/c1-6-7(2)8(3,4)5/h6H,1-5H3/q+1/b7-6+. The molecular weight excluding hydrogens is 115 g/mol. The molecule has 0 heterocycles. The fourth-order valence-electron chi connectivity index (χ4n) is 0.387. The number of hydrogen-bond donors (Lipinski definition) is 0. The average Bonchev–Trinajstić information content (AvgIpc) is 1.62. The van der Waals surface area contributed by atoms with Crippen molar-refractivity contribution in [3.8, 4) is 0 Å². The van der Waals surface area contributed by atoms with Crippen LogP contribution in [-0.2, 0) is 0 Å². The van der Waals surface area contributed by atoms with E-state index in [2.05, 4.69) is 39.9 Å². The van der Waals surface area contributed by atoms with Crippen molar-refractivity contribution < 1.29 is 0 Å². The molecule has 48 valence electrons. The summed E-state index contributed by atoms with van der Waals surface area (Å²) in [6.07, 6.45) is 2.22. The maximum absolute atomic E-state index is 2.34. The monoisotopic (exact) mass is 131 g/mol. The van der Waals surface area contributed by atoms with Crippen LogP contribution in [0, 0.1) is 0 Å². The normalized spacial score (nSPS) is 14.4. The lowest BCUT2D eigenvalue weighted by molar-refractivity contribution is 1.56. The zero-order valence-corrected chi connectivity index (χ0v) is 7.42. The van der Waals surface area contributed by atoms with E-state index in [1.165, 1.54) is 0 Å². The topological polar surface area (TPSA) is 0 Å². The molecule has 8 heavy (non-hydrogen) atoms. The van der Waals surface area contributed by atoms with Gasteiger partial charge >= 0.3 is 0 Å². The van der Waals surface area contributed by atoms with Gasteiger partial charge < -0.3 is 0 Å². The van der Waals surface area contributed by atoms with E-state index in [1.54, 1.807) is 5.31 Å². The highest BCUT2D eigenvalue weighted by Gasteiger charge is 2.18. The SMILES string of the molecule is C/C=C(\C)[P+](C)(C)C. The minimum atomic E-state index is -0.646. The first-order valence-corrected chi connectivity index (χ1v) is 6.06. The molecule has 0 saturated heterocycles. The lowest BCUT2D eigenvalue weighted by atomic mass is 10.6. The summed E-state index contributed by atoms with van der Waals surface area (Å²) in [7, 11) is -0.646. The minimum Gasteiger partial charge on any atom is -0.0499 e. The summed E-state index contributed by atoms with van der Waals surface area (Å²) in [6, 6.07) is 0. The van der Waals surface area contributed by atoms with E-state index >= 15 is 0 Å². The lowest BCUT2D eigenvalue weighted by Crippen LogP contribution is -1.84. The predicted molar refractivity (Wildman–Crippen MR) is 44.1 cm³/mol. The third-order valence-electron chi connectivity index (χ3n) is 1.48. The fraction of sp³-hybridized carbons (Fsp3) is 0.714. The van der Waals surface area contributed by atoms with Crippen molar-refractivity contribution in [2.45, 2.75) is 13.8 Å². The van der Waals surface area contributed by atoms with E-state index in [9.17, 15) is 0 Å². The Morgan fingerprint density at radius 2 is 1.62 bits per heavy atom. The summed E-state index contributed by atoms with van der Waals surface area (Å²) in [5.41, 5.74) is 0. The predicted octanol–water partition coefficient (Wildman–Crippen LogP) is 2.82. The number of rotatable bonds is 1. The molecule has 0 amide bonds. The van der Waals surface area contributed by atoms with E-state index in [0.717, 1.165) is 0 Å². The second-order valence-corrected chi connectivity index (χ2v) is 7.67. The molecule has 0 rings (SSSR count). The van der Waals surface area contributed by atoms with Crippen molar-refractivity contribution in [3.05, 3.63) is 11.4 Å². The third-order valence-corrected chi connectivity index (χ3v) is 3.85. The van der Waals surface area contributed by atoms with Gasteiger partial charge in [0.1, 0.15) is 0 Å².